The second kappa shape index (κ2) is 7.72. The average molecular weight is 452 g/mol. The van der Waals surface area contributed by atoms with Crippen LogP contribution in [0.5, 0.6) is 0 Å². The highest BCUT2D eigenvalue weighted by atomic mass is 32.1. The predicted molar refractivity (Wildman–Crippen MR) is 150 cm³/mol. The summed E-state index contributed by atoms with van der Waals surface area (Å²) >= 11 is 1.88. The van der Waals surface area contributed by atoms with E-state index >= 15 is 0 Å². The fourth-order valence-electron chi connectivity index (χ4n) is 5.02. The Labute approximate surface area is 201 Å². The van der Waals surface area contributed by atoms with E-state index in [0.717, 1.165) is 11.4 Å². The van der Waals surface area contributed by atoms with Crippen LogP contribution in [0.3, 0.4) is 0 Å². The van der Waals surface area contributed by atoms with Gasteiger partial charge in [-0.2, -0.15) is 0 Å². The van der Waals surface area contributed by atoms with Gasteiger partial charge in [-0.1, -0.05) is 97.1 Å². The van der Waals surface area contributed by atoms with Gasteiger partial charge >= 0.3 is 0 Å². The highest BCUT2D eigenvalue weighted by Crippen LogP contribution is 2.40. The number of rotatable bonds is 3. The molecule has 7 aromatic rings. The van der Waals surface area contributed by atoms with E-state index in [1.54, 1.807) is 0 Å². The van der Waals surface area contributed by atoms with Gasteiger partial charge in [0.25, 0.3) is 0 Å². The Morgan fingerprint density at radius 1 is 0.471 bits per heavy atom. The molecule has 0 aliphatic rings. The van der Waals surface area contributed by atoms with Crippen molar-refractivity contribution in [2.24, 2.45) is 0 Å². The Morgan fingerprint density at radius 2 is 1.15 bits per heavy atom. The highest BCUT2D eigenvalue weighted by Gasteiger charge is 2.10. The zero-order chi connectivity index (χ0) is 22.5. The van der Waals surface area contributed by atoms with Crippen LogP contribution in [0.4, 0.5) is 11.4 Å². The minimum Gasteiger partial charge on any atom is -0.355 e. The van der Waals surface area contributed by atoms with E-state index in [1.807, 2.05) is 11.3 Å². The van der Waals surface area contributed by atoms with Gasteiger partial charge < -0.3 is 5.32 Å². The maximum atomic E-state index is 3.67. The van der Waals surface area contributed by atoms with E-state index in [9.17, 15) is 0 Å². The van der Waals surface area contributed by atoms with Crippen molar-refractivity contribution in [2.75, 3.05) is 5.32 Å². The summed E-state index contributed by atoms with van der Waals surface area (Å²) in [4.78, 5) is 0. The van der Waals surface area contributed by atoms with Crippen molar-refractivity contribution in [2.45, 2.75) is 0 Å². The molecule has 0 atom stereocenters. The van der Waals surface area contributed by atoms with E-state index in [1.165, 1.54) is 52.8 Å². The molecule has 34 heavy (non-hydrogen) atoms. The number of hydrogen-bond acceptors (Lipinski definition) is 2. The number of fused-ring (bicyclic) bond motifs is 6. The molecule has 0 fully saturated rings. The molecule has 0 aliphatic carbocycles. The number of benzene rings is 6. The predicted octanol–water partition coefficient (Wildman–Crippen LogP) is 9.77. The largest absolute Gasteiger partial charge is 0.355 e. The summed E-state index contributed by atoms with van der Waals surface area (Å²) in [6.45, 7) is 0. The summed E-state index contributed by atoms with van der Waals surface area (Å²) in [5.74, 6) is 0. The molecule has 7 rings (SSSR count). The molecule has 2 heteroatoms. The van der Waals surface area contributed by atoms with E-state index in [-0.39, 0.29) is 0 Å². The topological polar surface area (TPSA) is 12.0 Å². The molecule has 0 saturated heterocycles. The first-order chi connectivity index (χ1) is 16.8. The van der Waals surface area contributed by atoms with Crippen LogP contribution in [-0.4, -0.2) is 0 Å². The number of anilines is 2. The quantitative estimate of drug-likeness (QED) is 0.282. The van der Waals surface area contributed by atoms with Crippen molar-refractivity contribution in [3.8, 4) is 11.1 Å². The van der Waals surface area contributed by atoms with Gasteiger partial charge in [0.2, 0.25) is 0 Å². The lowest BCUT2D eigenvalue weighted by Crippen LogP contribution is -1.91. The van der Waals surface area contributed by atoms with Gasteiger partial charge in [-0.15, -0.1) is 11.3 Å². The second-order valence-corrected chi connectivity index (χ2v) is 9.72. The Balaban J connectivity index is 1.28. The fraction of sp³-hybridized carbons (Fsp3) is 0. The molecule has 1 aromatic heterocycles. The van der Waals surface area contributed by atoms with Crippen molar-refractivity contribution < 1.29 is 0 Å². The number of thiophene rings is 1. The summed E-state index contributed by atoms with van der Waals surface area (Å²) in [5, 5.41) is 11.4. The Bertz CT molecular complexity index is 1820. The van der Waals surface area contributed by atoms with Gasteiger partial charge in [-0.25, -0.2) is 0 Å². The molecule has 0 unspecified atom stereocenters. The summed E-state index contributed by atoms with van der Waals surface area (Å²) < 4.78 is 2.70. The molecule has 1 heterocycles. The van der Waals surface area contributed by atoms with Crippen LogP contribution >= 0.6 is 11.3 Å². The Kier molecular flexibility index (Phi) is 4.39. The zero-order valence-electron chi connectivity index (χ0n) is 18.5. The van der Waals surface area contributed by atoms with Crippen LogP contribution in [0.2, 0.25) is 0 Å². The third kappa shape index (κ3) is 3.07. The van der Waals surface area contributed by atoms with Crippen LogP contribution in [0.25, 0.3) is 52.8 Å². The smallest absolute Gasteiger partial charge is 0.0464 e. The maximum absolute atomic E-state index is 3.67. The van der Waals surface area contributed by atoms with Crippen molar-refractivity contribution in [3.05, 3.63) is 121 Å². The summed E-state index contributed by atoms with van der Waals surface area (Å²) in [7, 11) is 0. The van der Waals surface area contributed by atoms with Gasteiger partial charge in [-0.05, 0) is 46.2 Å². The molecule has 0 saturated carbocycles. The van der Waals surface area contributed by atoms with Crippen LogP contribution in [0.1, 0.15) is 0 Å². The Morgan fingerprint density at radius 3 is 2.06 bits per heavy atom. The normalized spacial score (nSPS) is 11.5. The lowest BCUT2D eigenvalue weighted by Gasteiger charge is -2.12. The molecule has 0 amide bonds. The van der Waals surface area contributed by atoms with Crippen LogP contribution in [-0.2, 0) is 0 Å². The molecule has 1 nitrogen and oxygen atoms in total. The first-order valence-electron chi connectivity index (χ1n) is 11.5. The summed E-state index contributed by atoms with van der Waals surface area (Å²) in [6.07, 6.45) is 0. The minimum atomic E-state index is 1.09. The molecular weight excluding hydrogens is 430 g/mol. The summed E-state index contributed by atoms with van der Waals surface area (Å²) in [6, 6.07) is 43.6. The third-order valence-corrected chi connectivity index (χ3v) is 7.89. The highest BCUT2D eigenvalue weighted by molar-refractivity contribution is 7.26. The minimum absolute atomic E-state index is 1.09. The average Bonchev–Trinajstić information content (AvgIpc) is 3.28. The molecule has 1 N–H and O–H groups in total. The first-order valence-corrected chi connectivity index (χ1v) is 12.3. The van der Waals surface area contributed by atoms with Gasteiger partial charge in [0.05, 0.1) is 0 Å². The lowest BCUT2D eigenvalue weighted by atomic mass is 9.98. The van der Waals surface area contributed by atoms with Gasteiger partial charge in [0.1, 0.15) is 0 Å². The summed E-state index contributed by atoms with van der Waals surface area (Å²) in [5.41, 5.74) is 4.72. The molecule has 0 bridgehead atoms. The van der Waals surface area contributed by atoms with Crippen molar-refractivity contribution >= 4 is 64.4 Å². The zero-order valence-corrected chi connectivity index (χ0v) is 19.3. The van der Waals surface area contributed by atoms with E-state index in [4.69, 9.17) is 0 Å². The van der Waals surface area contributed by atoms with Gasteiger partial charge in [-0.3, -0.25) is 0 Å². The second-order valence-electron chi connectivity index (χ2n) is 8.67. The lowest BCUT2D eigenvalue weighted by molar-refractivity contribution is 1.57. The standard InChI is InChI=1S/C32H21NS/c1-2-9-24-21(7-1)8-5-11-25(24)22-15-17-23(18-16-22)33-30-13-6-12-28-26(30)19-20-29-27-10-3-4-14-31(27)34-32(28)29/h1-20,33H. The fourth-order valence-corrected chi connectivity index (χ4v) is 6.25. The maximum Gasteiger partial charge on any atom is 0.0464 e. The van der Waals surface area contributed by atoms with E-state index in [0.29, 0.717) is 0 Å². The third-order valence-electron chi connectivity index (χ3n) is 6.67. The van der Waals surface area contributed by atoms with Crippen LogP contribution < -0.4 is 5.32 Å². The monoisotopic (exact) mass is 451 g/mol. The Hall–Kier alpha value is -4.14. The molecule has 160 valence electrons. The molecule has 0 radical (unpaired) electrons. The van der Waals surface area contributed by atoms with Crippen molar-refractivity contribution in [3.63, 3.8) is 0 Å². The molecular formula is C32H21NS. The molecule has 0 spiro atoms. The number of nitrogens with one attached hydrogen (secondary N) is 1. The van der Waals surface area contributed by atoms with Gasteiger partial charge in [0.15, 0.2) is 0 Å². The van der Waals surface area contributed by atoms with Crippen molar-refractivity contribution in [1.29, 1.82) is 0 Å². The SMILES string of the molecule is c1ccc2c(-c3ccc(Nc4cccc5c4ccc4c6ccccc6sc54)cc3)cccc2c1. The van der Waals surface area contributed by atoms with Crippen LogP contribution in [0, 0.1) is 0 Å². The van der Waals surface area contributed by atoms with E-state index < -0.39 is 0 Å². The van der Waals surface area contributed by atoms with Crippen LogP contribution in [0.15, 0.2) is 121 Å². The number of hydrogen-bond donors (Lipinski definition) is 1. The van der Waals surface area contributed by atoms with E-state index in [2.05, 4.69) is 127 Å². The molecule has 6 aromatic carbocycles. The van der Waals surface area contributed by atoms with Crippen molar-refractivity contribution in [1.82, 2.24) is 0 Å². The first kappa shape index (κ1) is 19.3. The van der Waals surface area contributed by atoms with Gasteiger partial charge in [0, 0.05) is 42.3 Å². The molecule has 0 aliphatic heterocycles.